The van der Waals surface area contributed by atoms with Crippen LogP contribution in [0.3, 0.4) is 0 Å². The number of rotatable bonds is 1. The third-order valence-electron chi connectivity index (χ3n) is 2.13. The summed E-state index contributed by atoms with van der Waals surface area (Å²) in [6.45, 7) is 0. The zero-order valence-electron chi connectivity index (χ0n) is 7.84. The molecule has 0 unspecified atom stereocenters. The summed E-state index contributed by atoms with van der Waals surface area (Å²) in [7, 11) is 0. The molecule has 2 aromatic carbocycles. The molecule has 0 aliphatic carbocycles. The van der Waals surface area contributed by atoms with Crippen molar-refractivity contribution >= 4 is 40.4 Å². The number of nitrogens with zero attached hydrogens (tertiary/aromatic N) is 1. The Hall–Kier alpha value is -1.55. The molecule has 2 aromatic heterocycles. The fourth-order valence-corrected chi connectivity index (χ4v) is 1.45. The maximum Gasteiger partial charge on any atom is 0.313 e. The van der Waals surface area contributed by atoms with Crippen LogP contribution in [0, 0.1) is 0 Å². The summed E-state index contributed by atoms with van der Waals surface area (Å²) in [5.74, 6) is -0.965. The Balaban J connectivity index is 0.000000149. The van der Waals surface area contributed by atoms with Crippen LogP contribution < -0.4 is 0 Å². The van der Waals surface area contributed by atoms with Gasteiger partial charge in [0, 0.05) is 10.8 Å². The van der Waals surface area contributed by atoms with Gasteiger partial charge in [0.25, 0.3) is 0 Å². The van der Waals surface area contributed by atoms with Crippen LogP contribution in [0.1, 0.15) is 0 Å². The largest absolute Gasteiger partial charge is 0.481 e. The van der Waals surface area contributed by atoms with Crippen LogP contribution in [0.25, 0.3) is 21.8 Å². The van der Waals surface area contributed by atoms with Gasteiger partial charge in [0.05, 0.1) is 16.8 Å². The first-order valence-electron chi connectivity index (χ1n) is 4.45. The number of carboxylic acid groups (broad SMARTS) is 1. The molecular formula is C11H9NO2S. The molecule has 4 rings (SSSR count). The van der Waals surface area contributed by atoms with Crippen molar-refractivity contribution in [3.05, 3.63) is 30.3 Å². The third-order valence-corrected chi connectivity index (χ3v) is 2.40. The lowest BCUT2D eigenvalue weighted by molar-refractivity contribution is -0.133. The lowest BCUT2D eigenvalue weighted by Gasteiger charge is -2.07. The zero-order valence-corrected chi connectivity index (χ0v) is 8.74. The third kappa shape index (κ3) is 1.80. The van der Waals surface area contributed by atoms with Gasteiger partial charge in [-0.05, 0) is 6.07 Å². The van der Waals surface area contributed by atoms with Gasteiger partial charge in [-0.2, -0.15) is 12.6 Å². The second kappa shape index (κ2) is 3.90. The number of hydrogen-bond donors (Lipinski definition) is 2. The van der Waals surface area contributed by atoms with Crippen molar-refractivity contribution in [2.75, 3.05) is 5.75 Å². The van der Waals surface area contributed by atoms with Crippen LogP contribution in [0.4, 0.5) is 0 Å². The number of aliphatic carboxylic acids is 1. The first kappa shape index (κ1) is 9.98. The minimum Gasteiger partial charge on any atom is -0.481 e. The molecule has 4 aromatic rings. The monoisotopic (exact) mass is 219 g/mol. The van der Waals surface area contributed by atoms with Gasteiger partial charge in [0.1, 0.15) is 0 Å². The van der Waals surface area contributed by atoms with Gasteiger partial charge in [0.2, 0.25) is 0 Å². The summed E-state index contributed by atoms with van der Waals surface area (Å²) < 4.78 is 0. The van der Waals surface area contributed by atoms with Gasteiger partial charge < -0.3 is 5.11 Å². The first-order chi connectivity index (χ1) is 7.22. The van der Waals surface area contributed by atoms with Crippen LogP contribution in [0.5, 0.6) is 0 Å². The van der Waals surface area contributed by atoms with Crippen LogP contribution >= 0.6 is 12.6 Å². The molecule has 15 heavy (non-hydrogen) atoms. The van der Waals surface area contributed by atoms with Crippen molar-refractivity contribution in [2.45, 2.75) is 0 Å². The number of thiol groups is 1. The molecule has 4 heteroatoms. The Kier molecular flexibility index (Phi) is 2.60. The van der Waals surface area contributed by atoms with Gasteiger partial charge in [-0.25, -0.2) is 4.98 Å². The molecule has 0 fully saturated rings. The standard InChI is InChI=1S/C9H5N.C2H4O2S/c1-2-6-4-5-8-7(3-1)9(6)10-8;3-2(4)1-5/h1-5H;5H,1H2,(H,3,4). The van der Waals surface area contributed by atoms with E-state index < -0.39 is 5.97 Å². The Morgan fingerprint density at radius 3 is 2.53 bits per heavy atom. The Bertz CT molecular complexity index is 526. The lowest BCUT2D eigenvalue weighted by atomic mass is 10.1. The molecule has 3 nitrogen and oxygen atoms in total. The van der Waals surface area contributed by atoms with E-state index >= 15 is 0 Å². The van der Waals surface area contributed by atoms with Crippen molar-refractivity contribution in [3.8, 4) is 0 Å². The van der Waals surface area contributed by atoms with E-state index in [1.807, 2.05) is 0 Å². The average molecular weight is 219 g/mol. The normalized spacial score (nSPS) is 10.5. The Morgan fingerprint density at radius 1 is 1.33 bits per heavy atom. The quantitative estimate of drug-likeness (QED) is 0.617. The molecule has 76 valence electrons. The smallest absolute Gasteiger partial charge is 0.313 e. The van der Waals surface area contributed by atoms with E-state index in [9.17, 15) is 4.79 Å². The SMILES string of the molecule is O=C(O)CS.c1cc2ccc3c(c1)c2N=3. The summed E-state index contributed by atoms with van der Waals surface area (Å²) in [5, 5.41) is 10.2. The maximum absolute atomic E-state index is 9.29. The highest BCUT2D eigenvalue weighted by Crippen LogP contribution is 2.28. The van der Waals surface area contributed by atoms with Crippen LogP contribution in [-0.4, -0.2) is 21.8 Å². The van der Waals surface area contributed by atoms with E-state index in [-0.39, 0.29) is 5.75 Å². The summed E-state index contributed by atoms with van der Waals surface area (Å²) in [4.78, 5) is 13.6. The van der Waals surface area contributed by atoms with Crippen LogP contribution in [0.2, 0.25) is 0 Å². The molecule has 0 atom stereocenters. The summed E-state index contributed by atoms with van der Waals surface area (Å²) in [5.41, 5.74) is 2.32. The topological polar surface area (TPSA) is 50.2 Å². The minimum atomic E-state index is -0.881. The molecule has 0 spiro atoms. The maximum atomic E-state index is 9.29. The van der Waals surface area contributed by atoms with Crippen LogP contribution in [0.15, 0.2) is 30.3 Å². The van der Waals surface area contributed by atoms with Gasteiger partial charge in [-0.1, -0.05) is 24.3 Å². The lowest BCUT2D eigenvalue weighted by Crippen LogP contribution is -1.92. The van der Waals surface area contributed by atoms with E-state index in [1.165, 1.54) is 16.3 Å². The van der Waals surface area contributed by atoms with E-state index in [0.29, 0.717) is 0 Å². The fourth-order valence-electron chi connectivity index (χ4n) is 1.45. The molecule has 0 saturated heterocycles. The molecule has 0 aliphatic rings. The van der Waals surface area contributed by atoms with Crippen molar-refractivity contribution in [1.29, 1.82) is 0 Å². The van der Waals surface area contributed by atoms with E-state index in [4.69, 9.17) is 5.11 Å². The number of carbonyl (C=O) groups is 1. The number of hydrogen-bond acceptors (Lipinski definition) is 3. The van der Waals surface area contributed by atoms with Crippen molar-refractivity contribution in [1.82, 2.24) is 4.98 Å². The van der Waals surface area contributed by atoms with Crippen LogP contribution in [-0.2, 0) is 4.79 Å². The van der Waals surface area contributed by atoms with Crippen molar-refractivity contribution < 1.29 is 9.90 Å². The Morgan fingerprint density at radius 2 is 2.07 bits per heavy atom. The van der Waals surface area contributed by atoms with Gasteiger partial charge in [-0.15, -0.1) is 0 Å². The van der Waals surface area contributed by atoms with Gasteiger partial charge in [0.15, 0.2) is 0 Å². The highest BCUT2D eigenvalue weighted by atomic mass is 32.1. The summed E-state index contributed by atoms with van der Waals surface area (Å²) in [6.07, 6.45) is 0. The molecule has 1 N–H and O–H groups in total. The molecule has 0 radical (unpaired) electrons. The number of pyridine rings is 1. The van der Waals surface area contributed by atoms with E-state index in [0.717, 1.165) is 5.52 Å². The van der Waals surface area contributed by atoms with E-state index in [2.05, 4.69) is 47.9 Å². The zero-order chi connectivity index (χ0) is 10.8. The van der Waals surface area contributed by atoms with Gasteiger partial charge >= 0.3 is 5.97 Å². The first-order valence-corrected chi connectivity index (χ1v) is 5.08. The number of fused-ring (bicyclic) bond motifs is 1. The molecule has 2 heterocycles. The second-order valence-electron chi connectivity index (χ2n) is 3.13. The van der Waals surface area contributed by atoms with Crippen molar-refractivity contribution in [2.24, 2.45) is 0 Å². The second-order valence-corrected chi connectivity index (χ2v) is 3.44. The molecular weight excluding hydrogens is 210 g/mol. The molecule has 4 bridgehead atoms. The van der Waals surface area contributed by atoms with E-state index in [1.54, 1.807) is 0 Å². The number of aromatic nitrogens is 1. The highest BCUT2D eigenvalue weighted by molar-refractivity contribution is 7.81. The predicted octanol–water partition coefficient (Wildman–Crippen LogP) is 2.26. The summed E-state index contributed by atoms with van der Waals surface area (Å²) in [6, 6.07) is 10.5. The predicted molar refractivity (Wildman–Crippen MR) is 63.1 cm³/mol. The fraction of sp³-hybridized carbons (Fsp3) is 0.0909. The summed E-state index contributed by atoms with van der Waals surface area (Å²) >= 11 is 3.42. The molecule has 0 amide bonds. The van der Waals surface area contributed by atoms with Gasteiger partial charge in [-0.3, -0.25) is 4.79 Å². The highest BCUT2D eigenvalue weighted by Gasteiger charge is 2.07. The number of benzene rings is 2. The average Bonchev–Trinajstić information content (AvgIpc) is 2.23. The number of para-hydroxylation sites is 1. The van der Waals surface area contributed by atoms with Crippen molar-refractivity contribution in [3.63, 3.8) is 0 Å². The molecule has 0 aliphatic heterocycles. The number of carboxylic acids is 1. The Labute approximate surface area is 91.8 Å². The minimum absolute atomic E-state index is 0.0833. The molecule has 0 saturated carbocycles.